The third-order valence-corrected chi connectivity index (χ3v) is 2.49. The lowest BCUT2D eigenvalue weighted by Crippen LogP contribution is -2.50. The molecule has 0 aromatic carbocycles. The smallest absolute Gasteiger partial charge is 0.0666 e. The van der Waals surface area contributed by atoms with Crippen molar-refractivity contribution in [3.63, 3.8) is 0 Å². The van der Waals surface area contributed by atoms with Crippen LogP contribution in [-0.2, 0) is 4.74 Å². The van der Waals surface area contributed by atoms with E-state index in [1.54, 1.807) is 0 Å². The van der Waals surface area contributed by atoms with Crippen molar-refractivity contribution in [1.82, 2.24) is 5.32 Å². The summed E-state index contributed by atoms with van der Waals surface area (Å²) >= 11 is 0. The minimum Gasteiger partial charge on any atom is -0.380 e. The molecule has 0 radical (unpaired) electrons. The molecule has 1 rings (SSSR count). The Morgan fingerprint density at radius 3 is 3.00 bits per heavy atom. The summed E-state index contributed by atoms with van der Waals surface area (Å²) in [5.41, 5.74) is 0.0867. The van der Waals surface area contributed by atoms with Gasteiger partial charge in [-0.2, -0.15) is 5.26 Å². The Hall–Kier alpha value is -0.590. The van der Waals surface area contributed by atoms with Crippen LogP contribution in [0.3, 0.4) is 0 Å². The lowest BCUT2D eigenvalue weighted by Gasteiger charge is -2.34. The molecule has 13 heavy (non-hydrogen) atoms. The van der Waals surface area contributed by atoms with E-state index in [1.807, 2.05) is 6.92 Å². The van der Waals surface area contributed by atoms with Crippen LogP contribution in [0.25, 0.3) is 0 Å². The van der Waals surface area contributed by atoms with Gasteiger partial charge < -0.3 is 10.1 Å². The minimum atomic E-state index is 0.0822. The molecule has 1 aliphatic heterocycles. The van der Waals surface area contributed by atoms with Crippen molar-refractivity contribution >= 4 is 0 Å². The Labute approximate surface area is 80.1 Å². The molecule has 1 saturated heterocycles. The maximum absolute atomic E-state index is 8.63. The SMILES string of the molecule is CC(C#N)CNC1(C)CCCOC1. The van der Waals surface area contributed by atoms with Gasteiger partial charge in [0.05, 0.1) is 18.6 Å². The first kappa shape index (κ1) is 10.5. The molecule has 1 heterocycles. The molecular formula is C10H18N2O. The van der Waals surface area contributed by atoms with Crippen molar-refractivity contribution in [3.8, 4) is 6.07 Å². The van der Waals surface area contributed by atoms with Crippen LogP contribution in [-0.4, -0.2) is 25.3 Å². The number of hydrogen-bond acceptors (Lipinski definition) is 3. The molecule has 3 nitrogen and oxygen atoms in total. The number of nitriles is 1. The second-order valence-electron chi connectivity index (χ2n) is 4.13. The van der Waals surface area contributed by atoms with Gasteiger partial charge >= 0.3 is 0 Å². The van der Waals surface area contributed by atoms with Gasteiger partial charge in [-0.05, 0) is 26.7 Å². The van der Waals surface area contributed by atoms with Gasteiger partial charge in [-0.25, -0.2) is 0 Å². The van der Waals surface area contributed by atoms with Crippen molar-refractivity contribution in [3.05, 3.63) is 0 Å². The summed E-state index contributed by atoms with van der Waals surface area (Å²) in [6.07, 6.45) is 2.26. The van der Waals surface area contributed by atoms with Gasteiger partial charge in [0.15, 0.2) is 0 Å². The quantitative estimate of drug-likeness (QED) is 0.715. The van der Waals surface area contributed by atoms with Crippen LogP contribution >= 0.6 is 0 Å². The summed E-state index contributed by atoms with van der Waals surface area (Å²) in [5.74, 6) is 0.0822. The topological polar surface area (TPSA) is 45.0 Å². The Kier molecular flexibility index (Phi) is 3.71. The average Bonchev–Trinajstić information content (AvgIpc) is 2.15. The van der Waals surface area contributed by atoms with Crippen LogP contribution in [0.1, 0.15) is 26.7 Å². The highest BCUT2D eigenvalue weighted by Gasteiger charge is 2.26. The van der Waals surface area contributed by atoms with E-state index in [-0.39, 0.29) is 11.5 Å². The van der Waals surface area contributed by atoms with E-state index in [4.69, 9.17) is 10.00 Å². The summed E-state index contributed by atoms with van der Waals surface area (Å²) in [6, 6.07) is 2.22. The fourth-order valence-electron chi connectivity index (χ4n) is 1.52. The van der Waals surface area contributed by atoms with Gasteiger partial charge in [0.2, 0.25) is 0 Å². The highest BCUT2D eigenvalue weighted by molar-refractivity contribution is 4.89. The minimum absolute atomic E-state index is 0.0822. The molecule has 1 fully saturated rings. The monoisotopic (exact) mass is 182 g/mol. The van der Waals surface area contributed by atoms with Crippen molar-refractivity contribution in [2.45, 2.75) is 32.2 Å². The number of ether oxygens (including phenoxy) is 1. The molecule has 2 atom stereocenters. The van der Waals surface area contributed by atoms with Crippen LogP contribution in [0.5, 0.6) is 0 Å². The zero-order valence-electron chi connectivity index (χ0n) is 8.47. The molecule has 0 saturated carbocycles. The van der Waals surface area contributed by atoms with Gasteiger partial charge in [0.25, 0.3) is 0 Å². The second-order valence-corrected chi connectivity index (χ2v) is 4.13. The van der Waals surface area contributed by atoms with E-state index in [0.717, 1.165) is 32.6 Å². The Bertz CT molecular complexity index is 192. The molecule has 0 aromatic heterocycles. The lowest BCUT2D eigenvalue weighted by molar-refractivity contribution is 0.0279. The number of rotatable bonds is 3. The van der Waals surface area contributed by atoms with E-state index in [0.29, 0.717) is 0 Å². The first-order valence-electron chi connectivity index (χ1n) is 4.89. The maximum atomic E-state index is 8.63. The highest BCUT2D eigenvalue weighted by Crippen LogP contribution is 2.18. The van der Waals surface area contributed by atoms with Crippen molar-refractivity contribution < 1.29 is 4.74 Å². The molecule has 0 aromatic rings. The second kappa shape index (κ2) is 4.59. The van der Waals surface area contributed by atoms with E-state index < -0.39 is 0 Å². The molecule has 2 unspecified atom stereocenters. The van der Waals surface area contributed by atoms with Crippen LogP contribution < -0.4 is 5.32 Å². The highest BCUT2D eigenvalue weighted by atomic mass is 16.5. The fourth-order valence-corrected chi connectivity index (χ4v) is 1.52. The number of hydrogen-bond donors (Lipinski definition) is 1. The van der Waals surface area contributed by atoms with E-state index >= 15 is 0 Å². The van der Waals surface area contributed by atoms with E-state index in [1.165, 1.54) is 0 Å². The lowest BCUT2D eigenvalue weighted by atomic mass is 9.94. The van der Waals surface area contributed by atoms with E-state index in [9.17, 15) is 0 Å². The molecule has 3 heteroatoms. The zero-order chi connectivity index (χ0) is 9.73. The first-order chi connectivity index (χ1) is 6.16. The third-order valence-electron chi connectivity index (χ3n) is 2.49. The summed E-state index contributed by atoms with van der Waals surface area (Å²) in [4.78, 5) is 0. The number of nitrogens with one attached hydrogen (secondary N) is 1. The normalized spacial score (nSPS) is 30.8. The maximum Gasteiger partial charge on any atom is 0.0666 e. The van der Waals surface area contributed by atoms with Crippen molar-refractivity contribution in [2.75, 3.05) is 19.8 Å². The van der Waals surface area contributed by atoms with Gasteiger partial charge in [-0.3, -0.25) is 0 Å². The Morgan fingerprint density at radius 2 is 2.46 bits per heavy atom. The average molecular weight is 182 g/mol. The predicted molar refractivity (Wildman–Crippen MR) is 51.2 cm³/mol. The van der Waals surface area contributed by atoms with Crippen LogP contribution in [0, 0.1) is 17.2 Å². The van der Waals surface area contributed by atoms with Crippen molar-refractivity contribution in [1.29, 1.82) is 5.26 Å². The third kappa shape index (κ3) is 3.33. The summed E-state index contributed by atoms with van der Waals surface area (Å²) in [6.45, 7) is 6.50. The zero-order valence-corrected chi connectivity index (χ0v) is 8.47. The standard InChI is InChI=1S/C10H18N2O/c1-9(6-11)7-12-10(2)4-3-5-13-8-10/h9,12H,3-5,7-8H2,1-2H3. The fraction of sp³-hybridized carbons (Fsp3) is 0.900. The van der Waals surface area contributed by atoms with Gasteiger partial charge in [0.1, 0.15) is 0 Å². The molecule has 0 bridgehead atoms. The van der Waals surface area contributed by atoms with Gasteiger partial charge in [-0.15, -0.1) is 0 Å². The summed E-state index contributed by atoms with van der Waals surface area (Å²) in [7, 11) is 0. The first-order valence-corrected chi connectivity index (χ1v) is 4.89. The number of nitrogens with zero attached hydrogens (tertiary/aromatic N) is 1. The molecule has 0 aliphatic carbocycles. The molecular weight excluding hydrogens is 164 g/mol. The van der Waals surface area contributed by atoms with Crippen LogP contribution in [0.2, 0.25) is 0 Å². The predicted octanol–water partition coefficient (Wildman–Crippen LogP) is 1.30. The van der Waals surface area contributed by atoms with E-state index in [2.05, 4.69) is 18.3 Å². The van der Waals surface area contributed by atoms with Gasteiger partial charge in [0, 0.05) is 18.7 Å². The Balaban J connectivity index is 2.29. The molecule has 74 valence electrons. The Morgan fingerprint density at radius 1 is 1.69 bits per heavy atom. The van der Waals surface area contributed by atoms with Crippen LogP contribution in [0.4, 0.5) is 0 Å². The summed E-state index contributed by atoms with van der Waals surface area (Å²) in [5, 5.41) is 12.0. The molecule has 1 aliphatic rings. The molecule has 1 N–H and O–H groups in total. The van der Waals surface area contributed by atoms with Crippen molar-refractivity contribution in [2.24, 2.45) is 5.92 Å². The molecule has 0 spiro atoms. The largest absolute Gasteiger partial charge is 0.380 e. The van der Waals surface area contributed by atoms with Crippen LogP contribution in [0.15, 0.2) is 0 Å². The molecule has 0 amide bonds. The van der Waals surface area contributed by atoms with Gasteiger partial charge in [-0.1, -0.05) is 0 Å². The summed E-state index contributed by atoms with van der Waals surface area (Å²) < 4.78 is 5.41.